The standard InChI is InChI=1S/C9H7BrFIN2O/c1-5(15)14-8(3-12)9-7(11)2-6(10)4-13-9/h2-4H,1H3,(H,14,15). The highest BCUT2D eigenvalue weighted by Crippen LogP contribution is 2.18. The van der Waals surface area contributed by atoms with Crippen LogP contribution in [-0.4, -0.2) is 10.9 Å². The fraction of sp³-hybridized carbons (Fsp3) is 0.111. The van der Waals surface area contributed by atoms with Gasteiger partial charge < -0.3 is 5.32 Å². The minimum Gasteiger partial charge on any atom is -0.324 e. The molecular formula is C9H7BrFIN2O. The number of amides is 1. The van der Waals surface area contributed by atoms with Gasteiger partial charge in [0.1, 0.15) is 5.69 Å². The van der Waals surface area contributed by atoms with Crippen molar-refractivity contribution in [1.29, 1.82) is 0 Å². The average Bonchev–Trinajstić information content (AvgIpc) is 2.14. The summed E-state index contributed by atoms with van der Waals surface area (Å²) in [5.41, 5.74) is 0.482. The topological polar surface area (TPSA) is 42.0 Å². The summed E-state index contributed by atoms with van der Waals surface area (Å²) < 4.78 is 15.6. The van der Waals surface area contributed by atoms with Crippen LogP contribution in [-0.2, 0) is 4.79 Å². The molecule has 0 atom stereocenters. The Bertz CT molecular complexity index is 423. The van der Waals surface area contributed by atoms with E-state index in [4.69, 9.17) is 0 Å². The maximum absolute atomic E-state index is 13.4. The zero-order valence-corrected chi connectivity index (χ0v) is 11.5. The molecular weight excluding hydrogens is 378 g/mol. The molecule has 3 nitrogen and oxygen atoms in total. The van der Waals surface area contributed by atoms with E-state index < -0.39 is 5.82 Å². The summed E-state index contributed by atoms with van der Waals surface area (Å²) in [5.74, 6) is -0.747. The van der Waals surface area contributed by atoms with Crippen molar-refractivity contribution >= 4 is 50.1 Å². The van der Waals surface area contributed by atoms with Crippen LogP contribution >= 0.6 is 38.5 Å². The molecule has 0 saturated heterocycles. The number of hydrogen-bond acceptors (Lipinski definition) is 2. The molecule has 0 aromatic carbocycles. The molecule has 80 valence electrons. The van der Waals surface area contributed by atoms with Crippen LogP contribution < -0.4 is 5.32 Å². The monoisotopic (exact) mass is 384 g/mol. The largest absolute Gasteiger partial charge is 0.324 e. The van der Waals surface area contributed by atoms with Gasteiger partial charge in [-0.2, -0.15) is 0 Å². The van der Waals surface area contributed by atoms with Crippen molar-refractivity contribution in [3.05, 3.63) is 32.3 Å². The molecule has 1 aromatic heterocycles. The van der Waals surface area contributed by atoms with Crippen molar-refractivity contribution in [2.45, 2.75) is 6.92 Å². The van der Waals surface area contributed by atoms with Gasteiger partial charge >= 0.3 is 0 Å². The molecule has 15 heavy (non-hydrogen) atoms. The van der Waals surface area contributed by atoms with E-state index in [1.165, 1.54) is 19.2 Å². The van der Waals surface area contributed by atoms with Gasteiger partial charge in [0.25, 0.3) is 0 Å². The van der Waals surface area contributed by atoms with Gasteiger partial charge in [0.2, 0.25) is 5.91 Å². The third-order valence-electron chi connectivity index (χ3n) is 1.48. The van der Waals surface area contributed by atoms with Crippen molar-refractivity contribution in [2.75, 3.05) is 0 Å². The first-order chi connectivity index (χ1) is 7.04. The van der Waals surface area contributed by atoms with Crippen LogP contribution in [0.1, 0.15) is 12.6 Å². The van der Waals surface area contributed by atoms with Gasteiger partial charge in [-0.15, -0.1) is 0 Å². The highest BCUT2D eigenvalue weighted by molar-refractivity contribution is 14.1. The molecule has 0 radical (unpaired) electrons. The van der Waals surface area contributed by atoms with Crippen molar-refractivity contribution in [1.82, 2.24) is 10.3 Å². The predicted molar refractivity (Wildman–Crippen MR) is 67.7 cm³/mol. The number of aromatic nitrogens is 1. The number of carbonyl (C=O) groups is 1. The molecule has 1 heterocycles. The lowest BCUT2D eigenvalue weighted by Crippen LogP contribution is -2.19. The van der Waals surface area contributed by atoms with Gasteiger partial charge in [0, 0.05) is 21.7 Å². The molecule has 1 N–H and O–H groups in total. The van der Waals surface area contributed by atoms with Gasteiger partial charge in [-0.25, -0.2) is 4.39 Å². The van der Waals surface area contributed by atoms with E-state index >= 15 is 0 Å². The molecule has 0 aliphatic rings. The summed E-state index contributed by atoms with van der Waals surface area (Å²) in [6.07, 6.45) is 1.47. The lowest BCUT2D eigenvalue weighted by atomic mass is 10.3. The number of nitrogens with one attached hydrogen (secondary N) is 1. The fourth-order valence-electron chi connectivity index (χ4n) is 0.941. The molecule has 0 aliphatic carbocycles. The van der Waals surface area contributed by atoms with Crippen molar-refractivity contribution < 1.29 is 9.18 Å². The second-order valence-corrected chi connectivity index (χ2v) is 4.23. The molecule has 0 fully saturated rings. The first-order valence-corrected chi connectivity index (χ1v) is 5.98. The molecule has 0 aliphatic heterocycles. The van der Waals surface area contributed by atoms with Crippen molar-refractivity contribution in [3.63, 3.8) is 0 Å². The van der Waals surface area contributed by atoms with Gasteiger partial charge in [0.15, 0.2) is 5.82 Å². The third-order valence-corrected chi connectivity index (χ3v) is 2.54. The minimum atomic E-state index is -0.485. The number of nitrogens with zero attached hydrogens (tertiary/aromatic N) is 1. The summed E-state index contributed by atoms with van der Waals surface area (Å²) in [5, 5.41) is 2.50. The Morgan fingerprint density at radius 1 is 1.73 bits per heavy atom. The van der Waals surface area contributed by atoms with Crippen molar-refractivity contribution in [2.24, 2.45) is 0 Å². The first-order valence-electron chi connectivity index (χ1n) is 3.94. The fourth-order valence-corrected chi connectivity index (χ4v) is 1.69. The maximum Gasteiger partial charge on any atom is 0.221 e. The van der Waals surface area contributed by atoms with E-state index in [1.807, 2.05) is 22.6 Å². The summed E-state index contributed by atoms with van der Waals surface area (Å²) in [6, 6.07) is 1.30. The van der Waals surface area contributed by atoms with E-state index in [2.05, 4.69) is 26.2 Å². The van der Waals surface area contributed by atoms with Gasteiger partial charge in [-0.1, -0.05) is 22.6 Å². The van der Waals surface area contributed by atoms with Crippen LogP contribution in [0.15, 0.2) is 20.8 Å². The minimum absolute atomic E-state index is 0.128. The van der Waals surface area contributed by atoms with Gasteiger partial charge in [0.05, 0.1) is 5.70 Å². The lowest BCUT2D eigenvalue weighted by molar-refractivity contribution is -0.117. The second-order valence-electron chi connectivity index (χ2n) is 2.69. The number of rotatable bonds is 2. The lowest BCUT2D eigenvalue weighted by Gasteiger charge is -2.07. The van der Waals surface area contributed by atoms with E-state index in [-0.39, 0.29) is 11.6 Å². The molecule has 0 unspecified atom stereocenters. The Kier molecular flexibility index (Phi) is 4.65. The highest BCUT2D eigenvalue weighted by atomic mass is 127. The average molecular weight is 385 g/mol. The Hall–Kier alpha value is -0.500. The Morgan fingerprint density at radius 3 is 2.87 bits per heavy atom. The van der Waals surface area contributed by atoms with Crippen LogP contribution in [0.4, 0.5) is 4.39 Å². The molecule has 1 aromatic rings. The van der Waals surface area contributed by atoms with Crippen LogP contribution in [0.3, 0.4) is 0 Å². The van der Waals surface area contributed by atoms with E-state index in [9.17, 15) is 9.18 Å². The van der Waals surface area contributed by atoms with Crippen LogP contribution in [0.25, 0.3) is 5.70 Å². The van der Waals surface area contributed by atoms with E-state index in [1.54, 1.807) is 4.08 Å². The zero-order chi connectivity index (χ0) is 11.4. The number of halogens is 3. The Labute approximate surface area is 108 Å². The quantitative estimate of drug-likeness (QED) is 0.796. The third kappa shape index (κ3) is 3.53. The summed E-state index contributed by atoms with van der Waals surface area (Å²) in [6.45, 7) is 1.36. The zero-order valence-electron chi connectivity index (χ0n) is 7.72. The van der Waals surface area contributed by atoms with E-state index in [0.717, 1.165) is 0 Å². The maximum atomic E-state index is 13.4. The molecule has 1 amide bonds. The smallest absolute Gasteiger partial charge is 0.221 e. The molecule has 0 bridgehead atoms. The summed E-state index contributed by atoms with van der Waals surface area (Å²) in [4.78, 5) is 14.7. The van der Waals surface area contributed by atoms with E-state index in [0.29, 0.717) is 10.2 Å². The predicted octanol–water partition coefficient (Wildman–Crippen LogP) is 2.85. The Balaban J connectivity index is 3.08. The molecule has 1 rings (SSSR count). The number of carbonyl (C=O) groups excluding carboxylic acids is 1. The highest BCUT2D eigenvalue weighted by Gasteiger charge is 2.10. The Morgan fingerprint density at radius 2 is 2.40 bits per heavy atom. The normalized spacial score (nSPS) is 11.3. The first kappa shape index (κ1) is 12.6. The van der Waals surface area contributed by atoms with Crippen LogP contribution in [0.2, 0.25) is 0 Å². The molecule has 0 saturated carbocycles. The SMILES string of the molecule is CC(=O)NC(=CI)c1ncc(Br)cc1F. The summed E-state index contributed by atoms with van der Waals surface area (Å²) >= 11 is 5.02. The van der Waals surface area contributed by atoms with Crippen molar-refractivity contribution in [3.8, 4) is 0 Å². The van der Waals surface area contributed by atoms with Gasteiger partial charge in [-0.3, -0.25) is 9.78 Å². The number of pyridine rings is 1. The molecule has 6 heteroatoms. The van der Waals surface area contributed by atoms with Gasteiger partial charge in [-0.05, 0) is 22.0 Å². The van der Waals surface area contributed by atoms with Crippen LogP contribution in [0, 0.1) is 5.82 Å². The number of hydrogen-bond donors (Lipinski definition) is 1. The second kappa shape index (κ2) is 5.55. The van der Waals surface area contributed by atoms with Crippen LogP contribution in [0.5, 0.6) is 0 Å². The summed E-state index contributed by atoms with van der Waals surface area (Å²) in [7, 11) is 0. The molecule has 0 spiro atoms.